The number of alkyl halides is 4. The molecule has 0 aliphatic carbocycles. The first kappa shape index (κ1) is 16.3. The highest BCUT2D eigenvalue weighted by Crippen LogP contribution is 2.34. The lowest BCUT2D eigenvalue weighted by molar-refractivity contribution is -0.138. The van der Waals surface area contributed by atoms with Crippen LogP contribution in [-0.4, -0.2) is 32.2 Å². The summed E-state index contributed by atoms with van der Waals surface area (Å²) in [5.41, 5.74) is -1.26. The van der Waals surface area contributed by atoms with E-state index in [4.69, 9.17) is 11.6 Å². The second-order valence-corrected chi connectivity index (χ2v) is 6.33. The summed E-state index contributed by atoms with van der Waals surface area (Å²) in [5.74, 6) is 0.0632. The molecule has 0 atom stereocenters. The quantitative estimate of drug-likeness (QED) is 0.801. The number of rotatable bonds is 4. The molecule has 19 heavy (non-hydrogen) atoms. The van der Waals surface area contributed by atoms with Crippen LogP contribution in [0.3, 0.4) is 0 Å². The summed E-state index contributed by atoms with van der Waals surface area (Å²) in [6.07, 6.45) is -4.58. The zero-order chi connectivity index (χ0) is 14.8. The fraction of sp³-hybridized carbons (Fsp3) is 0.455. The van der Waals surface area contributed by atoms with E-state index in [1.54, 1.807) is 0 Å². The predicted molar refractivity (Wildman–Crippen MR) is 66.7 cm³/mol. The van der Waals surface area contributed by atoms with Gasteiger partial charge in [0.2, 0.25) is 10.0 Å². The van der Waals surface area contributed by atoms with Crippen LogP contribution >= 0.6 is 11.6 Å². The van der Waals surface area contributed by atoms with Crippen molar-refractivity contribution in [2.45, 2.75) is 18.0 Å². The van der Waals surface area contributed by atoms with Crippen molar-refractivity contribution in [1.29, 1.82) is 0 Å². The van der Waals surface area contributed by atoms with Crippen LogP contribution < -0.4 is 0 Å². The van der Waals surface area contributed by atoms with Gasteiger partial charge in [-0.1, -0.05) is 6.07 Å². The molecule has 1 aromatic carbocycles. The van der Waals surface area contributed by atoms with Crippen molar-refractivity contribution in [3.63, 3.8) is 0 Å². The van der Waals surface area contributed by atoms with Gasteiger partial charge in [0.1, 0.15) is 0 Å². The van der Waals surface area contributed by atoms with Crippen molar-refractivity contribution >= 4 is 21.6 Å². The minimum absolute atomic E-state index is 0.0274. The minimum Gasteiger partial charge on any atom is -0.207 e. The molecule has 0 bridgehead atoms. The molecule has 0 spiro atoms. The Kier molecular flexibility index (Phi) is 4.86. The van der Waals surface area contributed by atoms with Gasteiger partial charge in [0, 0.05) is 19.5 Å². The number of sulfonamides is 1. The third-order valence-electron chi connectivity index (χ3n) is 2.68. The van der Waals surface area contributed by atoms with Gasteiger partial charge in [-0.2, -0.15) is 17.5 Å². The molecule has 0 saturated heterocycles. The second kappa shape index (κ2) is 5.68. The van der Waals surface area contributed by atoms with E-state index in [1.807, 2.05) is 0 Å². The van der Waals surface area contributed by atoms with E-state index >= 15 is 0 Å². The predicted octanol–water partition coefficient (Wildman–Crippen LogP) is 2.87. The van der Waals surface area contributed by atoms with Gasteiger partial charge in [0.25, 0.3) is 0 Å². The Bertz CT molecular complexity index is 558. The van der Waals surface area contributed by atoms with E-state index in [0.717, 1.165) is 29.4 Å². The summed E-state index contributed by atoms with van der Waals surface area (Å²) in [5, 5.41) is 0. The van der Waals surface area contributed by atoms with Crippen molar-refractivity contribution in [3.8, 4) is 0 Å². The first-order valence-electron chi connectivity index (χ1n) is 5.31. The summed E-state index contributed by atoms with van der Waals surface area (Å²) < 4.78 is 63.4. The Labute approximate surface area is 115 Å². The van der Waals surface area contributed by atoms with Crippen LogP contribution in [-0.2, 0) is 16.2 Å². The SMILES string of the molecule is Cc1c(C(F)(F)F)cccc1S(=O)(=O)N(C)CCCl. The average molecular weight is 316 g/mol. The third kappa shape index (κ3) is 3.40. The normalized spacial score (nSPS) is 13.0. The van der Waals surface area contributed by atoms with Gasteiger partial charge in [-0.25, -0.2) is 8.42 Å². The molecule has 0 radical (unpaired) electrons. The van der Waals surface area contributed by atoms with Gasteiger partial charge in [-0.05, 0) is 24.6 Å². The first-order valence-corrected chi connectivity index (χ1v) is 7.29. The summed E-state index contributed by atoms with van der Waals surface area (Å²) >= 11 is 5.45. The highest BCUT2D eigenvalue weighted by molar-refractivity contribution is 7.89. The molecule has 0 aliphatic heterocycles. The third-order valence-corrected chi connectivity index (χ3v) is 4.85. The molecule has 1 aromatic rings. The molecule has 0 amide bonds. The number of benzene rings is 1. The van der Waals surface area contributed by atoms with Crippen molar-refractivity contribution in [3.05, 3.63) is 29.3 Å². The zero-order valence-electron chi connectivity index (χ0n) is 10.3. The smallest absolute Gasteiger partial charge is 0.207 e. The van der Waals surface area contributed by atoms with E-state index < -0.39 is 21.8 Å². The Hall–Kier alpha value is -0.790. The Morgan fingerprint density at radius 1 is 1.32 bits per heavy atom. The summed E-state index contributed by atoms with van der Waals surface area (Å²) in [4.78, 5) is -0.352. The van der Waals surface area contributed by atoms with Crippen LogP contribution in [0.25, 0.3) is 0 Å². The highest BCUT2D eigenvalue weighted by atomic mass is 35.5. The molecule has 3 nitrogen and oxygen atoms in total. The van der Waals surface area contributed by atoms with E-state index in [1.165, 1.54) is 7.05 Å². The molecule has 0 N–H and O–H groups in total. The molecular formula is C11H13ClF3NO2S. The molecule has 0 unspecified atom stereocenters. The number of hydrogen-bond donors (Lipinski definition) is 0. The lowest BCUT2D eigenvalue weighted by atomic mass is 10.1. The maximum absolute atomic E-state index is 12.7. The largest absolute Gasteiger partial charge is 0.416 e. The molecule has 1 rings (SSSR count). The van der Waals surface area contributed by atoms with Crippen LogP contribution in [0.4, 0.5) is 13.2 Å². The van der Waals surface area contributed by atoms with Crippen LogP contribution in [0.2, 0.25) is 0 Å². The van der Waals surface area contributed by atoms with Gasteiger partial charge in [-0.15, -0.1) is 11.6 Å². The lowest BCUT2D eigenvalue weighted by Gasteiger charge is -2.19. The van der Waals surface area contributed by atoms with Gasteiger partial charge >= 0.3 is 6.18 Å². The van der Waals surface area contributed by atoms with Gasteiger partial charge < -0.3 is 0 Å². The Morgan fingerprint density at radius 2 is 1.89 bits per heavy atom. The standard InChI is InChI=1S/C11H13ClF3NO2S/c1-8-9(11(13,14)15)4-3-5-10(8)19(17,18)16(2)7-6-12/h3-5H,6-7H2,1-2H3. The molecule has 0 fully saturated rings. The maximum Gasteiger partial charge on any atom is 0.416 e. The van der Waals surface area contributed by atoms with E-state index in [-0.39, 0.29) is 22.9 Å². The average Bonchev–Trinajstić information content (AvgIpc) is 2.27. The van der Waals surface area contributed by atoms with Crippen LogP contribution in [0.15, 0.2) is 23.1 Å². The molecule has 8 heteroatoms. The molecule has 0 aliphatic rings. The zero-order valence-corrected chi connectivity index (χ0v) is 11.9. The van der Waals surface area contributed by atoms with Gasteiger partial charge in [-0.3, -0.25) is 0 Å². The number of hydrogen-bond acceptors (Lipinski definition) is 2. The Morgan fingerprint density at radius 3 is 2.37 bits per heavy atom. The fourth-order valence-corrected chi connectivity index (χ4v) is 3.38. The highest BCUT2D eigenvalue weighted by Gasteiger charge is 2.35. The molecular weight excluding hydrogens is 303 g/mol. The van der Waals surface area contributed by atoms with Gasteiger partial charge in [0.15, 0.2) is 0 Å². The van der Waals surface area contributed by atoms with E-state index in [2.05, 4.69) is 0 Å². The molecule has 0 aromatic heterocycles. The number of nitrogens with zero attached hydrogens (tertiary/aromatic N) is 1. The molecule has 0 heterocycles. The van der Waals surface area contributed by atoms with Crippen molar-refractivity contribution < 1.29 is 21.6 Å². The van der Waals surface area contributed by atoms with Gasteiger partial charge in [0.05, 0.1) is 10.5 Å². The van der Waals surface area contributed by atoms with Crippen molar-refractivity contribution in [2.75, 3.05) is 19.5 Å². The summed E-state index contributed by atoms with van der Waals surface area (Å²) in [6.45, 7) is 1.17. The Balaban J connectivity index is 3.38. The minimum atomic E-state index is -4.58. The maximum atomic E-state index is 12.7. The monoisotopic (exact) mass is 315 g/mol. The van der Waals surface area contributed by atoms with Crippen molar-refractivity contribution in [1.82, 2.24) is 4.31 Å². The van der Waals surface area contributed by atoms with Crippen LogP contribution in [0, 0.1) is 6.92 Å². The van der Waals surface area contributed by atoms with E-state index in [9.17, 15) is 21.6 Å². The first-order chi connectivity index (χ1) is 8.62. The lowest BCUT2D eigenvalue weighted by Crippen LogP contribution is -2.29. The topological polar surface area (TPSA) is 37.4 Å². The molecule has 108 valence electrons. The summed E-state index contributed by atoms with van der Waals surface area (Å²) in [7, 11) is -2.69. The van der Waals surface area contributed by atoms with Crippen LogP contribution in [0.1, 0.15) is 11.1 Å². The van der Waals surface area contributed by atoms with Crippen LogP contribution in [0.5, 0.6) is 0 Å². The summed E-state index contributed by atoms with van der Waals surface area (Å²) in [6, 6.07) is 3.10. The fourth-order valence-electron chi connectivity index (χ4n) is 1.61. The molecule has 0 saturated carbocycles. The number of halogens is 4. The van der Waals surface area contributed by atoms with E-state index in [0.29, 0.717) is 0 Å². The van der Waals surface area contributed by atoms with Crippen molar-refractivity contribution in [2.24, 2.45) is 0 Å². The second-order valence-electron chi connectivity index (χ2n) is 3.94.